The maximum Gasteiger partial charge on any atom is 0.162 e. The topological polar surface area (TPSA) is 29.1 Å². The highest BCUT2D eigenvalue weighted by molar-refractivity contribution is 5.97. The van der Waals surface area contributed by atoms with E-state index < -0.39 is 0 Å². The summed E-state index contributed by atoms with van der Waals surface area (Å²) in [5.74, 6) is 1.84. The number of nitrogens with one attached hydrogen (secondary N) is 1. The summed E-state index contributed by atoms with van der Waals surface area (Å²) in [6, 6.07) is 21.7. The van der Waals surface area contributed by atoms with Gasteiger partial charge in [0.15, 0.2) is 5.78 Å². The van der Waals surface area contributed by atoms with Crippen molar-refractivity contribution in [2.75, 3.05) is 5.32 Å². The average Bonchev–Trinajstić information content (AvgIpc) is 3.06. The molecule has 2 heteroatoms. The molecular weight excluding hydrogens is 534 g/mol. The van der Waals surface area contributed by atoms with Crippen LogP contribution < -0.4 is 5.32 Å². The van der Waals surface area contributed by atoms with Gasteiger partial charge in [0.05, 0.1) is 0 Å². The number of allylic oxidation sites excluding steroid dienone is 4. The maximum absolute atomic E-state index is 13.4. The van der Waals surface area contributed by atoms with E-state index in [2.05, 4.69) is 92.0 Å². The second-order valence-electron chi connectivity index (χ2n) is 13.6. The Kier molecular flexibility index (Phi) is 12.3. The number of rotatable bonds is 16. The second kappa shape index (κ2) is 16.8. The van der Waals surface area contributed by atoms with E-state index in [0.717, 1.165) is 43.0 Å². The van der Waals surface area contributed by atoms with E-state index in [-0.39, 0.29) is 0 Å². The van der Waals surface area contributed by atoms with Gasteiger partial charge in [0.2, 0.25) is 0 Å². The third kappa shape index (κ3) is 8.96. The second-order valence-corrected chi connectivity index (χ2v) is 13.6. The van der Waals surface area contributed by atoms with Crippen molar-refractivity contribution < 1.29 is 4.79 Å². The van der Waals surface area contributed by atoms with Crippen LogP contribution >= 0.6 is 0 Å². The average molecular weight is 590 g/mol. The summed E-state index contributed by atoms with van der Waals surface area (Å²) in [6.45, 7) is 5.40. The SMILES string of the molecule is CCCC(CCCc1ccc(C(=O)CCCCC2CCCCC2)cc1NCc1cccc2ccccc12)C1=C(C)CCC=C1. The van der Waals surface area contributed by atoms with E-state index in [1.807, 2.05) is 0 Å². The summed E-state index contributed by atoms with van der Waals surface area (Å²) in [5, 5.41) is 6.35. The van der Waals surface area contributed by atoms with Gasteiger partial charge in [-0.05, 0) is 97.2 Å². The van der Waals surface area contributed by atoms with Crippen molar-refractivity contribution in [3.63, 3.8) is 0 Å². The first-order chi connectivity index (χ1) is 21.6. The Bertz CT molecular complexity index is 1420. The van der Waals surface area contributed by atoms with Crippen LogP contribution in [0.4, 0.5) is 5.69 Å². The monoisotopic (exact) mass is 589 g/mol. The molecule has 0 bridgehead atoms. The molecule has 1 atom stereocenters. The van der Waals surface area contributed by atoms with Gasteiger partial charge >= 0.3 is 0 Å². The summed E-state index contributed by atoms with van der Waals surface area (Å²) in [5.41, 5.74) is 7.80. The lowest BCUT2D eigenvalue weighted by molar-refractivity contribution is 0.0978. The van der Waals surface area contributed by atoms with Crippen molar-refractivity contribution in [1.29, 1.82) is 0 Å². The number of unbranched alkanes of at least 4 members (excludes halogenated alkanes) is 1. The molecule has 1 saturated carbocycles. The number of carbonyl (C=O) groups is 1. The van der Waals surface area contributed by atoms with Gasteiger partial charge in [-0.25, -0.2) is 0 Å². The summed E-state index contributed by atoms with van der Waals surface area (Å²) in [4.78, 5) is 13.4. The minimum atomic E-state index is 0.294. The fourth-order valence-electron chi connectivity index (χ4n) is 7.73. The number of hydrogen-bond donors (Lipinski definition) is 1. The minimum Gasteiger partial charge on any atom is -0.381 e. The lowest BCUT2D eigenvalue weighted by Gasteiger charge is -2.23. The highest BCUT2D eigenvalue weighted by Gasteiger charge is 2.18. The molecule has 0 radical (unpaired) electrons. The van der Waals surface area contributed by atoms with Crippen LogP contribution in [0.5, 0.6) is 0 Å². The molecule has 234 valence electrons. The summed E-state index contributed by atoms with van der Waals surface area (Å²) in [7, 11) is 0. The number of hydrogen-bond acceptors (Lipinski definition) is 2. The van der Waals surface area contributed by atoms with Gasteiger partial charge in [0.1, 0.15) is 0 Å². The maximum atomic E-state index is 13.4. The van der Waals surface area contributed by atoms with Gasteiger partial charge in [0.25, 0.3) is 0 Å². The molecule has 0 spiro atoms. The highest BCUT2D eigenvalue weighted by atomic mass is 16.1. The quantitative estimate of drug-likeness (QED) is 0.133. The molecule has 1 unspecified atom stereocenters. The van der Waals surface area contributed by atoms with E-state index in [1.165, 1.54) is 98.9 Å². The van der Waals surface area contributed by atoms with Crippen molar-refractivity contribution in [3.05, 3.63) is 101 Å². The van der Waals surface area contributed by atoms with Gasteiger partial charge in [-0.3, -0.25) is 4.79 Å². The number of ketones is 1. The van der Waals surface area contributed by atoms with E-state index in [9.17, 15) is 4.79 Å². The minimum absolute atomic E-state index is 0.294. The molecule has 0 heterocycles. The summed E-state index contributed by atoms with van der Waals surface area (Å²) >= 11 is 0. The number of aryl methyl sites for hydroxylation is 1. The van der Waals surface area contributed by atoms with Crippen molar-refractivity contribution >= 4 is 22.2 Å². The van der Waals surface area contributed by atoms with Crippen LogP contribution in [0.25, 0.3) is 10.8 Å². The predicted molar refractivity (Wildman–Crippen MR) is 190 cm³/mol. The molecule has 0 aliphatic heterocycles. The number of benzene rings is 3. The Balaban J connectivity index is 1.26. The van der Waals surface area contributed by atoms with Crippen molar-refractivity contribution in [3.8, 4) is 0 Å². The fourth-order valence-corrected chi connectivity index (χ4v) is 7.73. The molecule has 1 N–H and O–H groups in total. The zero-order valence-electron chi connectivity index (χ0n) is 27.5. The summed E-state index contributed by atoms with van der Waals surface area (Å²) in [6.07, 6.45) is 24.2. The normalized spacial score (nSPS) is 16.4. The van der Waals surface area contributed by atoms with Gasteiger partial charge in [-0.1, -0.05) is 131 Å². The van der Waals surface area contributed by atoms with Crippen LogP contribution in [-0.4, -0.2) is 5.78 Å². The molecule has 5 rings (SSSR count). The van der Waals surface area contributed by atoms with Crippen LogP contribution in [0.15, 0.2) is 84.0 Å². The van der Waals surface area contributed by atoms with Gasteiger partial charge < -0.3 is 5.32 Å². The Morgan fingerprint density at radius 1 is 0.909 bits per heavy atom. The molecule has 2 nitrogen and oxygen atoms in total. The van der Waals surface area contributed by atoms with Crippen LogP contribution in [0.3, 0.4) is 0 Å². The van der Waals surface area contributed by atoms with Gasteiger partial charge in [-0.2, -0.15) is 0 Å². The van der Waals surface area contributed by atoms with Gasteiger partial charge in [-0.15, -0.1) is 0 Å². The molecule has 3 aromatic carbocycles. The Morgan fingerprint density at radius 3 is 2.59 bits per heavy atom. The van der Waals surface area contributed by atoms with E-state index in [4.69, 9.17) is 0 Å². The lowest BCUT2D eigenvalue weighted by atomic mass is 9.83. The molecule has 2 aliphatic rings. The standard InChI is InChI=1S/C42H55NO/c1-3-15-34(39-25-10-7-16-32(39)2)21-13-23-36-28-29-37(42(44)27-12-8-19-33-17-5-4-6-18-33)30-41(36)43-31-38-24-14-22-35-20-9-11-26-40(35)38/h9-11,14,20,22,24-26,28-30,33-34,43H,3-8,12-13,15-19,21,23,27,31H2,1-2H3. The first kappa shape index (κ1) is 32.3. The number of carbonyl (C=O) groups excluding carboxylic acids is 1. The first-order valence-corrected chi connectivity index (χ1v) is 17.8. The predicted octanol–water partition coefficient (Wildman–Crippen LogP) is 12.2. The van der Waals surface area contributed by atoms with E-state index >= 15 is 0 Å². The molecule has 0 aromatic heterocycles. The van der Waals surface area contributed by atoms with Crippen LogP contribution in [0.1, 0.15) is 132 Å². The van der Waals surface area contributed by atoms with Crippen LogP contribution in [-0.2, 0) is 13.0 Å². The van der Waals surface area contributed by atoms with Crippen LogP contribution in [0.2, 0.25) is 0 Å². The number of Topliss-reactive ketones (excluding diaryl/α,β-unsaturated/α-hetero) is 1. The van der Waals surface area contributed by atoms with E-state index in [1.54, 1.807) is 11.1 Å². The molecule has 0 amide bonds. The molecule has 1 fully saturated rings. The van der Waals surface area contributed by atoms with E-state index in [0.29, 0.717) is 18.1 Å². The third-order valence-corrected chi connectivity index (χ3v) is 10.3. The zero-order valence-corrected chi connectivity index (χ0v) is 27.5. The Hall–Kier alpha value is -3.13. The molecule has 2 aliphatic carbocycles. The fraction of sp³-hybridized carbons (Fsp3) is 0.500. The molecule has 0 saturated heterocycles. The Morgan fingerprint density at radius 2 is 1.75 bits per heavy atom. The number of fused-ring (bicyclic) bond motifs is 1. The summed E-state index contributed by atoms with van der Waals surface area (Å²) < 4.78 is 0. The van der Waals surface area contributed by atoms with Crippen LogP contribution in [0, 0.1) is 11.8 Å². The zero-order chi connectivity index (χ0) is 30.6. The van der Waals surface area contributed by atoms with Crippen molar-refractivity contribution in [2.45, 2.75) is 123 Å². The smallest absolute Gasteiger partial charge is 0.162 e. The molecule has 44 heavy (non-hydrogen) atoms. The highest BCUT2D eigenvalue weighted by Crippen LogP contribution is 2.33. The molecule has 3 aromatic rings. The van der Waals surface area contributed by atoms with Crippen molar-refractivity contribution in [2.24, 2.45) is 11.8 Å². The Labute approximate surface area is 267 Å². The first-order valence-electron chi connectivity index (χ1n) is 17.8. The third-order valence-electron chi connectivity index (χ3n) is 10.3. The molecular formula is C42H55NO. The lowest BCUT2D eigenvalue weighted by Crippen LogP contribution is -2.09. The van der Waals surface area contributed by atoms with Gasteiger partial charge in [0, 0.05) is 24.2 Å². The largest absolute Gasteiger partial charge is 0.381 e. The van der Waals surface area contributed by atoms with Crippen molar-refractivity contribution in [1.82, 2.24) is 0 Å². The number of anilines is 1.